The van der Waals surface area contributed by atoms with Crippen LogP contribution in [0.4, 0.5) is 4.39 Å². The minimum absolute atomic E-state index is 0.0583. The number of benzene rings is 1. The number of rotatable bonds is 3. The number of pyridine rings is 1. The van der Waals surface area contributed by atoms with Gasteiger partial charge in [-0.15, -0.1) is 0 Å². The quantitative estimate of drug-likeness (QED) is 0.676. The molecule has 1 aromatic carbocycles. The van der Waals surface area contributed by atoms with Crippen LogP contribution in [-0.4, -0.2) is 10.8 Å². The van der Waals surface area contributed by atoms with Gasteiger partial charge < -0.3 is 10.5 Å². The molecule has 0 radical (unpaired) electrons. The van der Waals surface area contributed by atoms with Crippen molar-refractivity contribution in [2.45, 2.75) is 0 Å². The van der Waals surface area contributed by atoms with Crippen LogP contribution in [0.15, 0.2) is 41.0 Å². The molecule has 0 atom stereocenters. The standard InChI is InChI=1S/C12H9BrFN3O/c13-9-5-8(14)2-3-10(9)18-11-4-1-7(6-17-11)12(15)16/h1-6H,(H3,15,16). The molecule has 0 aliphatic carbocycles. The Labute approximate surface area is 111 Å². The summed E-state index contributed by atoms with van der Waals surface area (Å²) < 4.78 is 18.9. The maximum Gasteiger partial charge on any atom is 0.219 e. The Kier molecular flexibility index (Phi) is 3.57. The van der Waals surface area contributed by atoms with Crippen molar-refractivity contribution in [3.8, 4) is 11.6 Å². The van der Waals surface area contributed by atoms with Crippen LogP contribution in [0.25, 0.3) is 0 Å². The Balaban J connectivity index is 2.21. The second-order valence-electron chi connectivity index (χ2n) is 3.48. The molecule has 0 saturated heterocycles. The van der Waals surface area contributed by atoms with Gasteiger partial charge in [-0.1, -0.05) is 0 Å². The molecular formula is C12H9BrFN3O. The Morgan fingerprint density at radius 2 is 2.11 bits per heavy atom. The predicted octanol–water partition coefficient (Wildman–Crippen LogP) is 3.06. The van der Waals surface area contributed by atoms with Gasteiger partial charge in [-0.3, -0.25) is 5.41 Å². The van der Waals surface area contributed by atoms with Crippen molar-refractivity contribution >= 4 is 21.8 Å². The maximum atomic E-state index is 12.9. The minimum atomic E-state index is -0.353. The number of nitrogens with zero attached hydrogens (tertiary/aromatic N) is 1. The van der Waals surface area contributed by atoms with Gasteiger partial charge >= 0.3 is 0 Å². The van der Waals surface area contributed by atoms with E-state index in [2.05, 4.69) is 20.9 Å². The van der Waals surface area contributed by atoms with Crippen molar-refractivity contribution in [2.75, 3.05) is 0 Å². The summed E-state index contributed by atoms with van der Waals surface area (Å²) >= 11 is 3.20. The number of nitrogen functional groups attached to an aromatic ring is 1. The third-order valence-electron chi connectivity index (χ3n) is 2.16. The summed E-state index contributed by atoms with van der Waals surface area (Å²) in [4.78, 5) is 4.00. The molecule has 0 saturated carbocycles. The molecule has 0 aliphatic rings. The summed E-state index contributed by atoms with van der Waals surface area (Å²) in [5.41, 5.74) is 5.82. The van der Waals surface area contributed by atoms with Crippen LogP contribution in [0.1, 0.15) is 5.56 Å². The van der Waals surface area contributed by atoms with Crippen LogP contribution in [-0.2, 0) is 0 Å². The molecule has 18 heavy (non-hydrogen) atoms. The van der Waals surface area contributed by atoms with Crippen molar-refractivity contribution in [2.24, 2.45) is 5.73 Å². The monoisotopic (exact) mass is 309 g/mol. The molecule has 1 aromatic heterocycles. The summed E-state index contributed by atoms with van der Waals surface area (Å²) in [6.45, 7) is 0. The topological polar surface area (TPSA) is 72.0 Å². The lowest BCUT2D eigenvalue weighted by atomic mass is 10.3. The van der Waals surface area contributed by atoms with Crippen LogP contribution in [0.3, 0.4) is 0 Å². The number of hydrogen-bond donors (Lipinski definition) is 2. The third-order valence-corrected chi connectivity index (χ3v) is 2.78. The zero-order chi connectivity index (χ0) is 13.1. The van der Waals surface area contributed by atoms with Crippen molar-refractivity contribution < 1.29 is 9.13 Å². The summed E-state index contributed by atoms with van der Waals surface area (Å²) in [6, 6.07) is 7.32. The molecule has 1 heterocycles. The molecule has 6 heteroatoms. The summed E-state index contributed by atoms with van der Waals surface area (Å²) in [5, 5.41) is 7.23. The van der Waals surface area contributed by atoms with Crippen LogP contribution < -0.4 is 10.5 Å². The maximum absolute atomic E-state index is 12.9. The molecule has 0 bridgehead atoms. The van der Waals surface area contributed by atoms with Crippen molar-refractivity contribution in [3.05, 3.63) is 52.4 Å². The zero-order valence-electron chi connectivity index (χ0n) is 9.15. The van der Waals surface area contributed by atoms with Crippen LogP contribution >= 0.6 is 15.9 Å². The lowest BCUT2D eigenvalue weighted by Gasteiger charge is -2.07. The first-order valence-electron chi connectivity index (χ1n) is 4.99. The minimum Gasteiger partial charge on any atom is -0.438 e. The first-order valence-corrected chi connectivity index (χ1v) is 5.79. The van der Waals surface area contributed by atoms with E-state index in [1.54, 1.807) is 12.1 Å². The number of hydrogen-bond acceptors (Lipinski definition) is 3. The molecule has 92 valence electrons. The highest BCUT2D eigenvalue weighted by atomic mass is 79.9. The fraction of sp³-hybridized carbons (Fsp3) is 0. The lowest BCUT2D eigenvalue weighted by molar-refractivity contribution is 0.458. The average molecular weight is 310 g/mol. The summed E-state index contributed by atoms with van der Waals surface area (Å²) in [7, 11) is 0. The van der Waals surface area contributed by atoms with E-state index in [1.165, 1.54) is 24.4 Å². The fourth-order valence-corrected chi connectivity index (χ4v) is 1.70. The van der Waals surface area contributed by atoms with Gasteiger partial charge in [0.1, 0.15) is 17.4 Å². The Hall–Kier alpha value is -1.95. The van der Waals surface area contributed by atoms with E-state index < -0.39 is 0 Å². The van der Waals surface area contributed by atoms with E-state index in [9.17, 15) is 4.39 Å². The van der Waals surface area contributed by atoms with E-state index in [1.807, 2.05) is 0 Å². The predicted molar refractivity (Wildman–Crippen MR) is 69.4 cm³/mol. The number of amidine groups is 1. The Morgan fingerprint density at radius 3 is 2.67 bits per heavy atom. The smallest absolute Gasteiger partial charge is 0.219 e. The fourth-order valence-electron chi connectivity index (χ4n) is 1.27. The first-order chi connectivity index (χ1) is 8.56. The highest BCUT2D eigenvalue weighted by Crippen LogP contribution is 2.29. The molecule has 0 unspecified atom stereocenters. The van der Waals surface area contributed by atoms with Gasteiger partial charge in [0, 0.05) is 17.8 Å². The van der Waals surface area contributed by atoms with E-state index in [0.29, 0.717) is 21.7 Å². The van der Waals surface area contributed by atoms with Crippen LogP contribution in [0.5, 0.6) is 11.6 Å². The number of ether oxygens (including phenoxy) is 1. The normalized spacial score (nSPS) is 10.1. The molecule has 4 nitrogen and oxygen atoms in total. The van der Waals surface area contributed by atoms with E-state index >= 15 is 0 Å². The molecule has 0 fully saturated rings. The Bertz CT molecular complexity index is 586. The first kappa shape index (κ1) is 12.5. The van der Waals surface area contributed by atoms with E-state index in [4.69, 9.17) is 15.9 Å². The molecule has 2 aromatic rings. The van der Waals surface area contributed by atoms with Crippen LogP contribution in [0, 0.1) is 11.2 Å². The van der Waals surface area contributed by atoms with Gasteiger partial charge in [-0.25, -0.2) is 9.37 Å². The van der Waals surface area contributed by atoms with Crippen LogP contribution in [0.2, 0.25) is 0 Å². The number of nitrogens with one attached hydrogen (secondary N) is 1. The van der Waals surface area contributed by atoms with E-state index in [0.717, 1.165) is 0 Å². The molecule has 0 amide bonds. The third kappa shape index (κ3) is 2.84. The molecule has 2 rings (SSSR count). The number of halogens is 2. The SMILES string of the molecule is N=C(N)c1ccc(Oc2ccc(F)cc2Br)nc1. The summed E-state index contributed by atoms with van der Waals surface area (Å²) in [5.74, 6) is 0.387. The zero-order valence-corrected chi connectivity index (χ0v) is 10.7. The second-order valence-corrected chi connectivity index (χ2v) is 4.33. The van der Waals surface area contributed by atoms with Gasteiger partial charge in [0.15, 0.2) is 0 Å². The van der Waals surface area contributed by atoms with Gasteiger partial charge in [-0.05, 0) is 40.2 Å². The average Bonchev–Trinajstić information content (AvgIpc) is 2.33. The number of aromatic nitrogens is 1. The van der Waals surface area contributed by atoms with Crippen molar-refractivity contribution in [1.82, 2.24) is 4.98 Å². The van der Waals surface area contributed by atoms with Gasteiger partial charge in [0.2, 0.25) is 5.88 Å². The largest absolute Gasteiger partial charge is 0.438 e. The number of nitrogens with two attached hydrogens (primary N) is 1. The lowest BCUT2D eigenvalue weighted by Crippen LogP contribution is -2.11. The van der Waals surface area contributed by atoms with Gasteiger partial charge in [0.05, 0.1) is 4.47 Å². The van der Waals surface area contributed by atoms with Gasteiger partial charge in [0.25, 0.3) is 0 Å². The van der Waals surface area contributed by atoms with Gasteiger partial charge in [-0.2, -0.15) is 0 Å². The second kappa shape index (κ2) is 5.14. The molecular weight excluding hydrogens is 301 g/mol. The van der Waals surface area contributed by atoms with Crippen molar-refractivity contribution in [1.29, 1.82) is 5.41 Å². The highest BCUT2D eigenvalue weighted by Gasteiger charge is 2.05. The molecule has 0 aliphatic heterocycles. The van der Waals surface area contributed by atoms with E-state index in [-0.39, 0.29) is 11.7 Å². The molecule has 0 spiro atoms. The van der Waals surface area contributed by atoms with Crippen molar-refractivity contribution in [3.63, 3.8) is 0 Å². The molecule has 3 N–H and O–H groups in total. The Morgan fingerprint density at radius 1 is 1.33 bits per heavy atom. The summed E-state index contributed by atoms with van der Waals surface area (Å²) in [6.07, 6.45) is 1.44. The highest BCUT2D eigenvalue weighted by molar-refractivity contribution is 9.10.